The van der Waals surface area contributed by atoms with Crippen molar-refractivity contribution in [3.8, 4) is 5.75 Å². The number of hydrogen-bond donors (Lipinski definition) is 0. The fourth-order valence-electron chi connectivity index (χ4n) is 2.63. The first kappa shape index (κ1) is 13.2. The summed E-state index contributed by atoms with van der Waals surface area (Å²) in [5, 5.41) is 0.589. The lowest BCUT2D eigenvalue weighted by molar-refractivity contribution is 0.103. The van der Waals surface area contributed by atoms with Crippen LogP contribution >= 0.6 is 11.6 Å². The second-order valence-corrected chi connectivity index (χ2v) is 5.32. The van der Waals surface area contributed by atoms with Crippen molar-refractivity contribution in [2.24, 2.45) is 0 Å². The summed E-state index contributed by atoms with van der Waals surface area (Å²) in [4.78, 5) is 12.8. The van der Waals surface area contributed by atoms with E-state index in [0.29, 0.717) is 22.9 Å². The highest BCUT2D eigenvalue weighted by atomic mass is 35.5. The van der Waals surface area contributed by atoms with E-state index in [0.717, 1.165) is 29.5 Å². The van der Waals surface area contributed by atoms with E-state index in [4.69, 9.17) is 16.3 Å². The lowest BCUT2D eigenvalue weighted by atomic mass is 9.95. The Morgan fingerprint density at radius 1 is 1.25 bits per heavy atom. The van der Waals surface area contributed by atoms with Gasteiger partial charge in [0.2, 0.25) is 0 Å². The molecule has 0 bridgehead atoms. The molecule has 0 fully saturated rings. The number of ketones is 1. The maximum absolute atomic E-state index is 12.8. The van der Waals surface area contributed by atoms with Crippen LogP contribution in [0.15, 0.2) is 36.4 Å². The first-order valence-electron chi connectivity index (χ1n) is 6.78. The van der Waals surface area contributed by atoms with Gasteiger partial charge in [0.1, 0.15) is 5.75 Å². The minimum absolute atomic E-state index is 0.0110. The number of aryl methyl sites for hydroxylation is 1. The van der Waals surface area contributed by atoms with E-state index in [1.165, 1.54) is 0 Å². The van der Waals surface area contributed by atoms with Gasteiger partial charge in [0, 0.05) is 17.0 Å². The fourth-order valence-corrected chi connectivity index (χ4v) is 2.87. The third-order valence-corrected chi connectivity index (χ3v) is 3.85. The van der Waals surface area contributed by atoms with Gasteiger partial charge in [-0.1, -0.05) is 42.8 Å². The molecule has 2 nitrogen and oxygen atoms in total. The van der Waals surface area contributed by atoms with Gasteiger partial charge in [-0.15, -0.1) is 0 Å². The van der Waals surface area contributed by atoms with Gasteiger partial charge in [0.25, 0.3) is 0 Å². The fraction of sp³-hybridized carbons (Fsp3) is 0.235. The molecule has 0 amide bonds. The van der Waals surface area contributed by atoms with E-state index >= 15 is 0 Å². The lowest BCUT2D eigenvalue weighted by Gasteiger charge is -2.10. The number of rotatable bonds is 3. The van der Waals surface area contributed by atoms with Crippen LogP contribution in [0.4, 0.5) is 0 Å². The molecule has 0 radical (unpaired) electrons. The van der Waals surface area contributed by atoms with Crippen LogP contribution < -0.4 is 4.74 Å². The van der Waals surface area contributed by atoms with Crippen molar-refractivity contribution in [1.29, 1.82) is 0 Å². The molecule has 0 aromatic heterocycles. The second-order valence-electron chi connectivity index (χ2n) is 4.88. The van der Waals surface area contributed by atoms with Crippen LogP contribution in [-0.2, 0) is 12.8 Å². The summed E-state index contributed by atoms with van der Waals surface area (Å²) in [5.41, 5.74) is 3.37. The van der Waals surface area contributed by atoms with Gasteiger partial charge >= 0.3 is 0 Å². The highest BCUT2D eigenvalue weighted by Gasteiger charge is 2.23. The first-order chi connectivity index (χ1) is 9.70. The Bertz CT molecular complexity index is 677. The summed E-state index contributed by atoms with van der Waals surface area (Å²) in [6.45, 7) is 2.66. The van der Waals surface area contributed by atoms with Crippen LogP contribution in [0.2, 0.25) is 5.02 Å². The molecule has 1 aliphatic heterocycles. The average molecular weight is 287 g/mol. The highest BCUT2D eigenvalue weighted by Crippen LogP contribution is 2.34. The number of benzene rings is 2. The molecule has 1 heterocycles. The van der Waals surface area contributed by atoms with Crippen LogP contribution in [-0.4, -0.2) is 12.4 Å². The van der Waals surface area contributed by atoms with E-state index in [1.54, 1.807) is 6.07 Å². The molecular formula is C17H15ClO2. The molecule has 1 aliphatic rings. The maximum atomic E-state index is 12.8. The summed E-state index contributed by atoms with van der Waals surface area (Å²) in [6.07, 6.45) is 1.64. The SMILES string of the molecule is CCc1ccccc1C(=O)c1cc(Cl)cc2c1OCC2. The number of carbonyl (C=O) groups is 1. The van der Waals surface area contributed by atoms with Crippen molar-refractivity contribution in [3.63, 3.8) is 0 Å². The van der Waals surface area contributed by atoms with Crippen molar-refractivity contribution >= 4 is 17.4 Å². The molecule has 0 aliphatic carbocycles. The highest BCUT2D eigenvalue weighted by molar-refractivity contribution is 6.31. The number of fused-ring (bicyclic) bond motifs is 1. The third-order valence-electron chi connectivity index (χ3n) is 3.64. The Morgan fingerprint density at radius 2 is 2.05 bits per heavy atom. The minimum Gasteiger partial charge on any atom is -0.492 e. The molecule has 0 N–H and O–H groups in total. The van der Waals surface area contributed by atoms with E-state index in [-0.39, 0.29) is 5.78 Å². The second kappa shape index (κ2) is 5.29. The normalized spacial score (nSPS) is 12.9. The van der Waals surface area contributed by atoms with Crippen molar-refractivity contribution in [1.82, 2.24) is 0 Å². The van der Waals surface area contributed by atoms with Crippen molar-refractivity contribution in [3.05, 3.63) is 63.7 Å². The lowest BCUT2D eigenvalue weighted by Crippen LogP contribution is -2.07. The molecule has 3 rings (SSSR count). The van der Waals surface area contributed by atoms with E-state index in [2.05, 4.69) is 0 Å². The summed E-state index contributed by atoms with van der Waals surface area (Å²) >= 11 is 6.13. The molecule has 20 heavy (non-hydrogen) atoms. The molecule has 0 spiro atoms. The van der Waals surface area contributed by atoms with E-state index in [9.17, 15) is 4.79 Å². The van der Waals surface area contributed by atoms with Crippen LogP contribution in [0.1, 0.15) is 34.0 Å². The van der Waals surface area contributed by atoms with E-state index in [1.807, 2.05) is 37.3 Å². The minimum atomic E-state index is -0.0110. The van der Waals surface area contributed by atoms with Crippen LogP contribution in [0.5, 0.6) is 5.75 Å². The zero-order valence-electron chi connectivity index (χ0n) is 11.3. The molecule has 0 unspecified atom stereocenters. The summed E-state index contributed by atoms with van der Waals surface area (Å²) in [7, 11) is 0. The van der Waals surface area contributed by atoms with Crippen LogP contribution in [0, 0.1) is 0 Å². The van der Waals surface area contributed by atoms with Crippen molar-refractivity contribution in [2.75, 3.05) is 6.61 Å². The predicted molar refractivity (Wildman–Crippen MR) is 79.9 cm³/mol. The molecular weight excluding hydrogens is 272 g/mol. The Hall–Kier alpha value is -1.80. The molecule has 0 atom stereocenters. The third kappa shape index (κ3) is 2.20. The Balaban J connectivity index is 2.12. The van der Waals surface area contributed by atoms with Crippen LogP contribution in [0.3, 0.4) is 0 Å². The first-order valence-corrected chi connectivity index (χ1v) is 7.16. The number of carbonyl (C=O) groups excluding carboxylic acids is 1. The molecule has 2 aromatic rings. The van der Waals surface area contributed by atoms with Gasteiger partial charge in [-0.2, -0.15) is 0 Å². The number of hydrogen-bond acceptors (Lipinski definition) is 2. The largest absolute Gasteiger partial charge is 0.492 e. The summed E-state index contributed by atoms with van der Waals surface area (Å²) in [6, 6.07) is 11.3. The molecule has 2 aromatic carbocycles. The maximum Gasteiger partial charge on any atom is 0.197 e. The van der Waals surface area contributed by atoms with Crippen molar-refractivity contribution in [2.45, 2.75) is 19.8 Å². The Morgan fingerprint density at radius 3 is 2.85 bits per heavy atom. The van der Waals surface area contributed by atoms with Gasteiger partial charge < -0.3 is 4.74 Å². The van der Waals surface area contributed by atoms with Gasteiger partial charge in [-0.05, 0) is 29.7 Å². The van der Waals surface area contributed by atoms with Gasteiger partial charge in [0.05, 0.1) is 12.2 Å². The zero-order chi connectivity index (χ0) is 14.1. The van der Waals surface area contributed by atoms with Gasteiger partial charge in [-0.25, -0.2) is 0 Å². The van der Waals surface area contributed by atoms with Gasteiger partial charge in [0.15, 0.2) is 5.78 Å². The molecule has 102 valence electrons. The summed E-state index contributed by atoms with van der Waals surface area (Å²) < 4.78 is 5.62. The zero-order valence-corrected chi connectivity index (χ0v) is 12.0. The smallest absolute Gasteiger partial charge is 0.197 e. The summed E-state index contributed by atoms with van der Waals surface area (Å²) in [5.74, 6) is 0.688. The van der Waals surface area contributed by atoms with E-state index < -0.39 is 0 Å². The average Bonchev–Trinajstić information content (AvgIpc) is 2.93. The molecule has 0 saturated heterocycles. The molecule has 3 heteroatoms. The Labute approximate surface area is 123 Å². The Kier molecular flexibility index (Phi) is 3.49. The standard InChI is InChI=1S/C17H15ClO2/c1-2-11-5-3-4-6-14(11)16(19)15-10-13(18)9-12-7-8-20-17(12)15/h3-6,9-10H,2,7-8H2,1H3. The number of halogens is 1. The van der Waals surface area contributed by atoms with Gasteiger partial charge in [-0.3, -0.25) is 4.79 Å². The predicted octanol–water partition coefficient (Wildman–Crippen LogP) is 4.07. The number of ether oxygens (including phenoxy) is 1. The quantitative estimate of drug-likeness (QED) is 0.795. The monoisotopic (exact) mass is 286 g/mol. The topological polar surface area (TPSA) is 26.3 Å². The van der Waals surface area contributed by atoms with Crippen LogP contribution in [0.25, 0.3) is 0 Å². The van der Waals surface area contributed by atoms with Crippen molar-refractivity contribution < 1.29 is 9.53 Å². The molecule has 0 saturated carbocycles.